The van der Waals surface area contributed by atoms with Crippen LogP contribution >= 0.6 is 12.6 Å². The molecule has 0 aromatic carbocycles. The van der Waals surface area contributed by atoms with Crippen molar-refractivity contribution in [1.82, 2.24) is 0 Å². The molecule has 0 aromatic heterocycles. The first-order valence-corrected chi connectivity index (χ1v) is 6.03. The van der Waals surface area contributed by atoms with Gasteiger partial charge in [0.1, 0.15) is 0 Å². The van der Waals surface area contributed by atoms with E-state index in [1.807, 2.05) is 20.4 Å². The van der Waals surface area contributed by atoms with E-state index in [1.54, 1.807) is 14.2 Å². The van der Waals surface area contributed by atoms with Crippen LogP contribution in [-0.2, 0) is 13.3 Å². The van der Waals surface area contributed by atoms with Crippen molar-refractivity contribution in [3.63, 3.8) is 0 Å². The Morgan fingerprint density at radius 1 is 1.18 bits per heavy atom. The van der Waals surface area contributed by atoms with Crippen LogP contribution in [0, 0.1) is 0 Å². The molecular weight excluding hydrogens is 180 g/mol. The van der Waals surface area contributed by atoms with E-state index in [9.17, 15) is 0 Å². The number of hydrogen-bond acceptors (Lipinski definition) is 4. The maximum atomic E-state index is 5.48. The van der Waals surface area contributed by atoms with Gasteiger partial charge in [-0.1, -0.05) is 0 Å². The molecule has 0 aliphatic carbocycles. The Morgan fingerprint density at radius 2 is 1.55 bits per heavy atom. The topological polar surface area (TPSA) is 27.7 Å². The Hall–Kier alpha value is 0.447. The van der Waals surface area contributed by atoms with Crippen molar-refractivity contribution >= 4 is 21.4 Å². The molecule has 0 fully saturated rings. The largest absolute Gasteiger partial charge is 0.498 e. The lowest BCUT2D eigenvalue weighted by atomic mass is 10.5. The average Bonchev–Trinajstić information content (AvgIpc) is 1.84. The van der Waals surface area contributed by atoms with E-state index in [1.165, 1.54) is 0 Å². The van der Waals surface area contributed by atoms with Crippen LogP contribution in [0.15, 0.2) is 0 Å². The summed E-state index contributed by atoms with van der Waals surface area (Å²) in [4.78, 5) is -0.507. The van der Waals surface area contributed by atoms with Gasteiger partial charge in [-0.2, -0.15) is 0 Å². The zero-order valence-corrected chi connectivity index (χ0v) is 9.57. The molecule has 0 atom stereocenters. The van der Waals surface area contributed by atoms with Crippen molar-refractivity contribution in [3.8, 4) is 0 Å². The van der Waals surface area contributed by atoms with E-state index in [0.717, 1.165) is 0 Å². The van der Waals surface area contributed by atoms with Crippen molar-refractivity contribution < 1.29 is 13.3 Å². The second kappa shape index (κ2) is 3.91. The fourth-order valence-electron chi connectivity index (χ4n) is 0.620. The summed E-state index contributed by atoms with van der Waals surface area (Å²) in [7, 11) is 0.748. The first-order valence-electron chi connectivity index (χ1n) is 3.36. The van der Waals surface area contributed by atoms with E-state index in [-0.39, 0.29) is 0 Å². The molecular formula is C6H16O3SSi. The van der Waals surface area contributed by atoms with E-state index >= 15 is 0 Å². The molecule has 0 aromatic rings. The van der Waals surface area contributed by atoms with Crippen molar-refractivity contribution in [2.75, 3.05) is 14.2 Å². The third-order valence-corrected chi connectivity index (χ3v) is 3.80. The predicted octanol–water partition coefficient (Wildman–Crippen LogP) is 1.53. The molecule has 0 saturated heterocycles. The maximum absolute atomic E-state index is 5.48. The van der Waals surface area contributed by atoms with E-state index in [2.05, 4.69) is 12.6 Å². The van der Waals surface area contributed by atoms with Crippen LogP contribution in [0.1, 0.15) is 13.8 Å². The molecule has 68 valence electrons. The zero-order chi connectivity index (χ0) is 9.12. The van der Waals surface area contributed by atoms with Gasteiger partial charge in [0.05, 0.1) is 4.93 Å². The molecule has 0 unspecified atom stereocenters. The molecule has 11 heavy (non-hydrogen) atoms. The third kappa shape index (κ3) is 4.81. The van der Waals surface area contributed by atoms with Gasteiger partial charge in [-0.05, 0) is 13.8 Å². The van der Waals surface area contributed by atoms with Gasteiger partial charge < -0.3 is 13.3 Å². The lowest BCUT2D eigenvalue weighted by Gasteiger charge is -2.29. The van der Waals surface area contributed by atoms with Crippen LogP contribution in [-0.4, -0.2) is 28.0 Å². The van der Waals surface area contributed by atoms with Crippen molar-refractivity contribution in [2.24, 2.45) is 0 Å². The normalized spacial score (nSPS) is 13.6. The summed E-state index contributed by atoms with van der Waals surface area (Å²) in [5.74, 6) is 0. The molecule has 0 aliphatic heterocycles. The average molecular weight is 196 g/mol. The van der Waals surface area contributed by atoms with Gasteiger partial charge in [0.2, 0.25) is 0 Å². The number of thiol groups is 1. The van der Waals surface area contributed by atoms with Gasteiger partial charge in [0.25, 0.3) is 0 Å². The van der Waals surface area contributed by atoms with Crippen LogP contribution in [0.3, 0.4) is 0 Å². The third-order valence-electron chi connectivity index (χ3n) is 1.18. The Morgan fingerprint density at radius 3 is 1.64 bits per heavy atom. The van der Waals surface area contributed by atoms with Crippen LogP contribution in [0.4, 0.5) is 0 Å². The standard InChI is InChI=1S/C6H16O3SSi/c1-6(2,10)9-11(5,7-3)8-4/h10H,1-5H3. The molecule has 0 N–H and O–H groups in total. The fourth-order valence-corrected chi connectivity index (χ4v) is 2.36. The Bertz CT molecular complexity index is 119. The molecule has 0 aliphatic rings. The number of rotatable bonds is 4. The Kier molecular flexibility index (Phi) is 4.07. The highest BCUT2D eigenvalue weighted by Gasteiger charge is 2.37. The lowest BCUT2D eigenvalue weighted by molar-refractivity contribution is 0.0616. The van der Waals surface area contributed by atoms with E-state index in [0.29, 0.717) is 0 Å². The van der Waals surface area contributed by atoms with Gasteiger partial charge >= 0.3 is 8.80 Å². The predicted molar refractivity (Wildman–Crippen MR) is 49.8 cm³/mol. The van der Waals surface area contributed by atoms with Gasteiger partial charge in [-0.15, -0.1) is 12.6 Å². The quantitative estimate of drug-likeness (QED) is 0.420. The summed E-state index contributed by atoms with van der Waals surface area (Å²) >= 11 is 4.21. The van der Waals surface area contributed by atoms with E-state index in [4.69, 9.17) is 13.3 Å². The monoisotopic (exact) mass is 196 g/mol. The smallest absolute Gasteiger partial charge is 0.377 e. The molecule has 0 heterocycles. The van der Waals surface area contributed by atoms with Gasteiger partial charge in [0.15, 0.2) is 0 Å². The highest BCUT2D eigenvalue weighted by molar-refractivity contribution is 7.81. The summed E-state index contributed by atoms with van der Waals surface area (Å²) < 4.78 is 15.7. The maximum Gasteiger partial charge on any atom is 0.498 e. The number of hydrogen-bond donors (Lipinski definition) is 1. The summed E-state index contributed by atoms with van der Waals surface area (Å²) in [5.41, 5.74) is 0. The molecule has 0 rings (SSSR count). The molecule has 3 nitrogen and oxygen atoms in total. The van der Waals surface area contributed by atoms with Crippen LogP contribution < -0.4 is 0 Å². The first kappa shape index (κ1) is 11.4. The summed E-state index contributed by atoms with van der Waals surface area (Å²) in [6, 6.07) is 0. The molecule has 0 radical (unpaired) electrons. The minimum absolute atomic E-state index is 0.507. The van der Waals surface area contributed by atoms with Crippen LogP contribution in [0.2, 0.25) is 6.55 Å². The van der Waals surface area contributed by atoms with Gasteiger partial charge in [0, 0.05) is 20.8 Å². The summed E-state index contributed by atoms with van der Waals surface area (Å²) in [6.07, 6.45) is 0. The van der Waals surface area contributed by atoms with Crippen LogP contribution in [0.25, 0.3) is 0 Å². The van der Waals surface area contributed by atoms with Crippen molar-refractivity contribution in [2.45, 2.75) is 25.3 Å². The summed E-state index contributed by atoms with van der Waals surface area (Å²) in [6.45, 7) is 5.52. The minimum atomic E-state index is -2.41. The van der Waals surface area contributed by atoms with E-state index < -0.39 is 13.7 Å². The second-order valence-corrected chi connectivity index (χ2v) is 6.64. The molecule has 5 heteroatoms. The van der Waals surface area contributed by atoms with Gasteiger partial charge in [-0.25, -0.2) is 0 Å². The van der Waals surface area contributed by atoms with Crippen LogP contribution in [0.5, 0.6) is 0 Å². The highest BCUT2D eigenvalue weighted by Crippen LogP contribution is 2.21. The zero-order valence-electron chi connectivity index (χ0n) is 7.67. The first-order chi connectivity index (χ1) is 4.83. The SMILES string of the molecule is CO[Si](C)(OC)OC(C)(C)S. The van der Waals surface area contributed by atoms with Crippen molar-refractivity contribution in [3.05, 3.63) is 0 Å². The molecule has 0 saturated carbocycles. The lowest BCUT2D eigenvalue weighted by Crippen LogP contribution is -2.45. The minimum Gasteiger partial charge on any atom is -0.377 e. The molecule has 0 amide bonds. The Balaban J connectivity index is 4.08. The molecule has 0 spiro atoms. The second-order valence-electron chi connectivity index (χ2n) is 2.82. The molecule has 0 bridgehead atoms. The van der Waals surface area contributed by atoms with Crippen molar-refractivity contribution in [1.29, 1.82) is 0 Å². The fraction of sp³-hybridized carbons (Fsp3) is 1.00. The van der Waals surface area contributed by atoms with Gasteiger partial charge in [-0.3, -0.25) is 0 Å². The Labute approximate surface area is 74.8 Å². The summed E-state index contributed by atoms with van der Waals surface area (Å²) in [5, 5.41) is 0. The highest BCUT2D eigenvalue weighted by atomic mass is 32.1.